The third-order valence-electron chi connectivity index (χ3n) is 10.4. The molecule has 258 valence electrons. The maximum absolute atomic E-state index is 5.20. The van der Waals surface area contributed by atoms with Gasteiger partial charge in [-0.15, -0.1) is 0 Å². The van der Waals surface area contributed by atoms with E-state index in [1.165, 1.54) is 0 Å². The summed E-state index contributed by atoms with van der Waals surface area (Å²) in [6, 6.07) is 33.0. The lowest BCUT2D eigenvalue weighted by Gasteiger charge is -2.31. The maximum Gasteiger partial charge on any atom is 0.148 e. The van der Waals surface area contributed by atoms with Crippen LogP contribution in [0.25, 0.3) is 32.8 Å². The summed E-state index contributed by atoms with van der Waals surface area (Å²) in [4.78, 5) is 36.4. The van der Waals surface area contributed by atoms with E-state index in [-0.39, 0.29) is 5.92 Å². The molecule has 11 heteroatoms. The van der Waals surface area contributed by atoms with Gasteiger partial charge in [-0.05, 0) is 61.0 Å². The normalized spacial score (nSPS) is 17.2. The molecular weight excluding hydrogens is 671 g/mol. The van der Waals surface area contributed by atoms with Crippen LogP contribution in [0.2, 0.25) is 0 Å². The predicted molar refractivity (Wildman–Crippen MR) is 220 cm³/mol. The van der Waals surface area contributed by atoms with Crippen LogP contribution in [0.5, 0.6) is 0 Å². The van der Waals surface area contributed by atoms with Crippen LogP contribution in [0.15, 0.2) is 163 Å². The van der Waals surface area contributed by atoms with Crippen molar-refractivity contribution in [2.75, 3.05) is 10.6 Å². The molecule has 7 aromatic rings. The van der Waals surface area contributed by atoms with E-state index in [9.17, 15) is 0 Å². The summed E-state index contributed by atoms with van der Waals surface area (Å²) < 4.78 is 2.07. The van der Waals surface area contributed by atoms with Gasteiger partial charge in [-0.25, -0.2) is 25.0 Å². The monoisotopic (exact) mass is 701 g/mol. The van der Waals surface area contributed by atoms with E-state index >= 15 is 0 Å². The minimum absolute atomic E-state index is 0.255. The van der Waals surface area contributed by atoms with Crippen LogP contribution in [0.3, 0.4) is 0 Å². The molecule has 4 N–H and O–H groups in total. The molecule has 11 rings (SSSR count). The molecule has 0 radical (unpaired) electrons. The van der Waals surface area contributed by atoms with Gasteiger partial charge in [0.25, 0.3) is 0 Å². The highest BCUT2D eigenvalue weighted by molar-refractivity contribution is 6.26. The fourth-order valence-electron chi connectivity index (χ4n) is 8.00. The molecule has 0 spiro atoms. The van der Waals surface area contributed by atoms with Crippen molar-refractivity contribution < 1.29 is 0 Å². The third-order valence-corrected chi connectivity index (χ3v) is 10.4. The highest BCUT2D eigenvalue weighted by Gasteiger charge is 2.42. The number of aromatic nitrogens is 4. The second-order valence-corrected chi connectivity index (χ2v) is 13.5. The van der Waals surface area contributed by atoms with Crippen molar-refractivity contribution in [3.05, 3.63) is 144 Å². The number of imidazole rings is 1. The summed E-state index contributed by atoms with van der Waals surface area (Å²) >= 11 is 0. The van der Waals surface area contributed by atoms with Gasteiger partial charge in [0, 0.05) is 56.8 Å². The fraction of sp³-hybridized carbons (Fsp3) is 0.0698. The Morgan fingerprint density at radius 3 is 2.28 bits per heavy atom. The standard InChI is InChI=1S/C43H31N11/c1-2-44-31-13-7-14-32(50-36-19-24-9-3-5-11-29(24)48-36)28(31)21-35-26-17-18-27-38(26)39-41(52-35)45-22-46-42(39)53-43(27)54-23-47-33-15-8-16-34(40(33)54)51-37-20-25-10-4-6-12-30(25)49-37/h2-20,22-23,39,48-51H,21H2,1H3/b44-2-. The molecule has 4 aliphatic rings. The topological polar surface area (TPSA) is 135 Å². The number of benzene rings is 4. The van der Waals surface area contributed by atoms with E-state index in [0.29, 0.717) is 18.1 Å². The quantitative estimate of drug-likeness (QED) is 0.123. The van der Waals surface area contributed by atoms with Gasteiger partial charge < -0.3 is 20.6 Å². The Labute approximate surface area is 308 Å². The minimum atomic E-state index is -0.255. The molecule has 0 fully saturated rings. The largest absolute Gasteiger partial charge is 0.341 e. The number of aliphatic imine (C=N–C) groups is 5. The van der Waals surface area contributed by atoms with Gasteiger partial charge in [-0.3, -0.25) is 9.56 Å². The first-order valence-corrected chi connectivity index (χ1v) is 17.9. The molecule has 54 heavy (non-hydrogen) atoms. The lowest BCUT2D eigenvalue weighted by atomic mass is 9.83. The molecule has 0 bridgehead atoms. The lowest BCUT2D eigenvalue weighted by molar-refractivity contribution is 0.947. The van der Waals surface area contributed by atoms with E-state index in [0.717, 1.165) is 95.4 Å². The zero-order valence-electron chi connectivity index (χ0n) is 29.0. The number of nitrogens with one attached hydrogen (secondary N) is 4. The maximum atomic E-state index is 5.20. The highest BCUT2D eigenvalue weighted by Crippen LogP contribution is 2.45. The summed E-state index contributed by atoms with van der Waals surface area (Å²) in [7, 11) is 0. The second kappa shape index (κ2) is 11.8. The van der Waals surface area contributed by atoms with Gasteiger partial charge >= 0.3 is 0 Å². The SMILES string of the molecule is C/C=N\c1cccc(Nc2cc3ccccc3[nH]2)c1CC1=C2C=CC3=C2C2C(=NC=NC2=N1)N=C3n1cnc2cccc(Nc3cc4ccccc4[nH]3)c21. The summed E-state index contributed by atoms with van der Waals surface area (Å²) in [6.07, 6.45) is 10.1. The van der Waals surface area contributed by atoms with Crippen LogP contribution in [0.1, 0.15) is 12.5 Å². The first-order chi connectivity index (χ1) is 26.7. The smallest absolute Gasteiger partial charge is 0.148 e. The van der Waals surface area contributed by atoms with Crippen molar-refractivity contribution in [3.8, 4) is 0 Å². The van der Waals surface area contributed by atoms with Gasteiger partial charge in [0.05, 0.1) is 28.1 Å². The Balaban J connectivity index is 1.02. The molecule has 1 unspecified atom stereocenters. The van der Waals surface area contributed by atoms with Crippen molar-refractivity contribution in [2.24, 2.45) is 30.9 Å². The number of hydrogen-bond acceptors (Lipinski definition) is 8. The Kier molecular flexibility index (Phi) is 6.62. The molecule has 0 saturated carbocycles. The number of H-pyrrole nitrogens is 2. The molecule has 1 atom stereocenters. The Hall–Kier alpha value is -7.40. The van der Waals surface area contributed by atoms with Crippen molar-refractivity contribution in [1.82, 2.24) is 19.5 Å². The number of para-hydroxylation sites is 3. The second-order valence-electron chi connectivity index (χ2n) is 13.5. The zero-order valence-corrected chi connectivity index (χ0v) is 29.0. The Morgan fingerprint density at radius 2 is 1.50 bits per heavy atom. The first-order valence-electron chi connectivity index (χ1n) is 17.9. The van der Waals surface area contributed by atoms with Crippen LogP contribution < -0.4 is 10.6 Å². The van der Waals surface area contributed by atoms with Gasteiger partial charge in [0.1, 0.15) is 47.7 Å². The number of allylic oxidation sites excluding steroid dienone is 5. The number of hydrogen-bond donors (Lipinski definition) is 4. The number of dihydropyridines is 1. The van der Waals surface area contributed by atoms with Crippen molar-refractivity contribution >= 4 is 91.6 Å². The molecule has 3 aromatic heterocycles. The molecular formula is C43H31N11. The van der Waals surface area contributed by atoms with Crippen molar-refractivity contribution in [2.45, 2.75) is 13.3 Å². The molecule has 1 aliphatic carbocycles. The van der Waals surface area contributed by atoms with E-state index in [4.69, 9.17) is 29.9 Å². The van der Waals surface area contributed by atoms with Gasteiger partial charge in [0.15, 0.2) is 0 Å². The molecule has 0 saturated heterocycles. The average molecular weight is 702 g/mol. The third kappa shape index (κ3) is 4.75. The zero-order chi connectivity index (χ0) is 35.8. The summed E-state index contributed by atoms with van der Waals surface area (Å²) in [5, 5.41) is 9.55. The molecule has 11 nitrogen and oxygen atoms in total. The number of fused-ring (bicyclic) bond motifs is 3. The minimum Gasteiger partial charge on any atom is -0.341 e. The van der Waals surface area contributed by atoms with Crippen molar-refractivity contribution in [1.29, 1.82) is 0 Å². The molecule has 0 amide bonds. The van der Waals surface area contributed by atoms with E-state index in [1.54, 1.807) is 6.34 Å². The van der Waals surface area contributed by atoms with Gasteiger partial charge in [-0.2, -0.15) is 0 Å². The molecule has 6 heterocycles. The van der Waals surface area contributed by atoms with Gasteiger partial charge in [-0.1, -0.05) is 60.7 Å². The Bertz CT molecular complexity index is 2920. The van der Waals surface area contributed by atoms with Gasteiger partial charge in [0.2, 0.25) is 0 Å². The highest BCUT2D eigenvalue weighted by atomic mass is 15.2. The van der Waals surface area contributed by atoms with Crippen LogP contribution in [-0.4, -0.2) is 49.6 Å². The van der Waals surface area contributed by atoms with E-state index < -0.39 is 0 Å². The molecule has 3 aliphatic heterocycles. The van der Waals surface area contributed by atoms with Crippen LogP contribution >= 0.6 is 0 Å². The summed E-state index contributed by atoms with van der Waals surface area (Å²) in [5.41, 5.74) is 11.8. The van der Waals surface area contributed by atoms with E-state index in [2.05, 4.69) is 85.9 Å². The molecule has 4 aromatic carbocycles. The average Bonchev–Trinajstić information content (AvgIpc) is 4.00. The first kappa shape index (κ1) is 30.2. The number of rotatable bonds is 7. The summed E-state index contributed by atoms with van der Waals surface area (Å²) in [6.45, 7) is 1.94. The lowest BCUT2D eigenvalue weighted by Crippen LogP contribution is -2.36. The predicted octanol–water partition coefficient (Wildman–Crippen LogP) is 9.30. The summed E-state index contributed by atoms with van der Waals surface area (Å²) in [5.74, 6) is 3.66. The number of amidine groups is 2. The fourth-order valence-corrected chi connectivity index (χ4v) is 8.00. The van der Waals surface area contributed by atoms with Crippen LogP contribution in [0, 0.1) is 5.92 Å². The Morgan fingerprint density at radius 1 is 0.778 bits per heavy atom. The van der Waals surface area contributed by atoms with E-state index in [1.807, 2.05) is 68.0 Å². The van der Waals surface area contributed by atoms with Crippen LogP contribution in [0.4, 0.5) is 28.7 Å². The number of aromatic amines is 2. The number of nitrogens with zero attached hydrogens (tertiary/aromatic N) is 7. The number of anilines is 4. The van der Waals surface area contributed by atoms with Crippen molar-refractivity contribution in [3.63, 3.8) is 0 Å². The van der Waals surface area contributed by atoms with Crippen LogP contribution in [-0.2, 0) is 6.42 Å².